The van der Waals surface area contributed by atoms with Gasteiger partial charge in [-0.15, -0.1) is 0 Å². The predicted molar refractivity (Wildman–Crippen MR) is 74.0 cm³/mol. The fraction of sp³-hybridized carbons (Fsp3) is 0.600. The zero-order valence-electron chi connectivity index (χ0n) is 11.3. The summed E-state index contributed by atoms with van der Waals surface area (Å²) in [7, 11) is 0. The predicted octanol–water partition coefficient (Wildman–Crippen LogP) is 2.40. The van der Waals surface area contributed by atoms with Crippen LogP contribution in [0.1, 0.15) is 32.3 Å². The van der Waals surface area contributed by atoms with Crippen LogP contribution < -0.4 is 10.5 Å². The third-order valence-electron chi connectivity index (χ3n) is 4.56. The Bertz CT molecular complexity index is 448. The number of ether oxygens (including phenoxy) is 1. The molecule has 1 fully saturated rings. The van der Waals surface area contributed by atoms with E-state index in [1.54, 1.807) is 0 Å². The van der Waals surface area contributed by atoms with Crippen molar-refractivity contribution in [2.75, 3.05) is 25.4 Å². The normalized spacial score (nSPS) is 22.2. The van der Waals surface area contributed by atoms with Crippen molar-refractivity contribution in [2.24, 2.45) is 0 Å². The number of hydrogen-bond donors (Lipinski definition) is 1. The Balaban J connectivity index is 1.86. The second-order valence-electron chi connectivity index (χ2n) is 5.95. The van der Waals surface area contributed by atoms with Crippen LogP contribution in [0, 0.1) is 0 Å². The van der Waals surface area contributed by atoms with E-state index in [-0.39, 0.29) is 5.41 Å². The van der Waals surface area contributed by atoms with Gasteiger partial charge < -0.3 is 15.4 Å². The lowest BCUT2D eigenvalue weighted by Gasteiger charge is -2.40. The van der Waals surface area contributed by atoms with Crippen molar-refractivity contribution in [1.29, 1.82) is 0 Å². The molecular weight excluding hydrogens is 224 g/mol. The number of hydrogen-bond acceptors (Lipinski definition) is 3. The third kappa shape index (κ3) is 1.77. The monoisotopic (exact) mass is 246 g/mol. The van der Waals surface area contributed by atoms with E-state index >= 15 is 0 Å². The molecule has 0 atom stereocenters. The molecule has 1 aromatic carbocycles. The zero-order valence-corrected chi connectivity index (χ0v) is 11.3. The van der Waals surface area contributed by atoms with Crippen LogP contribution in [0.2, 0.25) is 0 Å². The fourth-order valence-electron chi connectivity index (χ4n) is 3.26. The van der Waals surface area contributed by atoms with Crippen molar-refractivity contribution in [3.63, 3.8) is 0 Å². The second-order valence-corrected chi connectivity index (χ2v) is 5.95. The van der Waals surface area contributed by atoms with Crippen LogP contribution in [0.5, 0.6) is 5.75 Å². The maximum atomic E-state index is 5.93. The molecule has 0 unspecified atom stereocenters. The van der Waals surface area contributed by atoms with Crippen LogP contribution in [0.3, 0.4) is 0 Å². The van der Waals surface area contributed by atoms with Gasteiger partial charge in [-0.25, -0.2) is 0 Å². The summed E-state index contributed by atoms with van der Waals surface area (Å²) in [5, 5.41) is 0. The molecule has 1 saturated heterocycles. The highest BCUT2D eigenvalue weighted by molar-refractivity contribution is 5.53. The lowest BCUT2D eigenvalue weighted by Crippen LogP contribution is -2.46. The first-order chi connectivity index (χ1) is 8.61. The van der Waals surface area contributed by atoms with Gasteiger partial charge in [0.15, 0.2) is 0 Å². The second kappa shape index (κ2) is 4.16. The number of nitrogens with zero attached hydrogens (tertiary/aromatic N) is 1. The van der Waals surface area contributed by atoms with Gasteiger partial charge in [0.1, 0.15) is 5.75 Å². The van der Waals surface area contributed by atoms with E-state index in [9.17, 15) is 0 Å². The Hall–Kier alpha value is -1.22. The first-order valence-electron chi connectivity index (χ1n) is 6.88. The molecule has 2 heterocycles. The summed E-state index contributed by atoms with van der Waals surface area (Å²) in [5.74, 6) is 1.04. The highest BCUT2D eigenvalue weighted by atomic mass is 16.5. The molecule has 18 heavy (non-hydrogen) atoms. The molecular formula is C15H22N2O. The van der Waals surface area contributed by atoms with Crippen molar-refractivity contribution >= 4 is 5.69 Å². The van der Waals surface area contributed by atoms with Gasteiger partial charge in [0, 0.05) is 22.7 Å². The van der Waals surface area contributed by atoms with Crippen molar-refractivity contribution < 1.29 is 4.74 Å². The SMILES string of the molecule is CC(C)N1CCC2(CC1)COc1ccc(N)cc12. The maximum absolute atomic E-state index is 5.93. The molecule has 0 aliphatic carbocycles. The summed E-state index contributed by atoms with van der Waals surface area (Å²) >= 11 is 0. The van der Waals surface area contributed by atoms with Crippen molar-refractivity contribution in [2.45, 2.75) is 38.1 Å². The molecule has 3 rings (SSSR count). The lowest BCUT2D eigenvalue weighted by atomic mass is 9.74. The quantitative estimate of drug-likeness (QED) is 0.773. The Morgan fingerprint density at radius 2 is 2.00 bits per heavy atom. The summed E-state index contributed by atoms with van der Waals surface area (Å²) in [6.07, 6.45) is 2.36. The van der Waals surface area contributed by atoms with Crippen LogP contribution in [-0.2, 0) is 5.41 Å². The molecule has 98 valence electrons. The highest BCUT2D eigenvalue weighted by Crippen LogP contribution is 2.46. The Morgan fingerprint density at radius 1 is 1.28 bits per heavy atom. The van der Waals surface area contributed by atoms with E-state index in [4.69, 9.17) is 10.5 Å². The lowest BCUT2D eigenvalue weighted by molar-refractivity contribution is 0.112. The van der Waals surface area contributed by atoms with E-state index in [2.05, 4.69) is 24.8 Å². The molecule has 0 amide bonds. The standard InChI is InChI=1S/C15H22N2O/c1-11(2)17-7-5-15(6-8-17)10-18-14-4-3-12(16)9-13(14)15/h3-4,9,11H,5-8,10,16H2,1-2H3. The number of fused-ring (bicyclic) bond motifs is 2. The minimum Gasteiger partial charge on any atom is -0.492 e. The number of piperidine rings is 1. The molecule has 0 aromatic heterocycles. The van der Waals surface area contributed by atoms with Crippen molar-refractivity contribution in [3.8, 4) is 5.75 Å². The van der Waals surface area contributed by atoms with Crippen molar-refractivity contribution in [3.05, 3.63) is 23.8 Å². The van der Waals surface area contributed by atoms with Gasteiger partial charge in [-0.3, -0.25) is 0 Å². The molecule has 1 aromatic rings. The Kier molecular flexibility index (Phi) is 2.74. The number of nitrogens with two attached hydrogens (primary N) is 1. The Morgan fingerprint density at radius 3 is 2.67 bits per heavy atom. The molecule has 0 bridgehead atoms. The number of rotatable bonds is 1. The molecule has 2 aliphatic heterocycles. The topological polar surface area (TPSA) is 38.5 Å². The van der Waals surface area contributed by atoms with Crippen LogP contribution in [0.15, 0.2) is 18.2 Å². The summed E-state index contributed by atoms with van der Waals surface area (Å²) in [6.45, 7) is 7.70. The third-order valence-corrected chi connectivity index (χ3v) is 4.56. The van der Waals surface area contributed by atoms with Gasteiger partial charge in [-0.1, -0.05) is 0 Å². The molecule has 0 radical (unpaired) electrons. The molecule has 2 N–H and O–H groups in total. The van der Waals surface area contributed by atoms with E-state index in [0.717, 1.165) is 31.1 Å². The molecule has 2 aliphatic rings. The summed E-state index contributed by atoms with van der Waals surface area (Å²) in [5.41, 5.74) is 8.34. The average molecular weight is 246 g/mol. The average Bonchev–Trinajstić information content (AvgIpc) is 2.69. The van der Waals surface area contributed by atoms with Crippen LogP contribution in [-0.4, -0.2) is 30.6 Å². The molecule has 3 heteroatoms. The van der Waals surface area contributed by atoms with E-state index in [1.165, 1.54) is 18.4 Å². The molecule has 0 saturated carbocycles. The van der Waals surface area contributed by atoms with E-state index in [1.807, 2.05) is 12.1 Å². The van der Waals surface area contributed by atoms with Gasteiger partial charge >= 0.3 is 0 Å². The van der Waals surface area contributed by atoms with Crippen molar-refractivity contribution in [1.82, 2.24) is 4.90 Å². The summed E-state index contributed by atoms with van der Waals surface area (Å²) in [6, 6.07) is 6.72. The first kappa shape index (κ1) is 11.8. The minimum absolute atomic E-state index is 0.218. The van der Waals surface area contributed by atoms with Gasteiger partial charge in [0.2, 0.25) is 0 Å². The first-order valence-corrected chi connectivity index (χ1v) is 6.88. The van der Waals surface area contributed by atoms with Crippen LogP contribution in [0.4, 0.5) is 5.69 Å². The van der Waals surface area contributed by atoms with Crippen LogP contribution in [0.25, 0.3) is 0 Å². The number of benzene rings is 1. The van der Waals surface area contributed by atoms with Gasteiger partial charge in [0.05, 0.1) is 6.61 Å². The number of nitrogen functional groups attached to an aromatic ring is 1. The van der Waals surface area contributed by atoms with Gasteiger partial charge in [-0.05, 0) is 58.0 Å². The van der Waals surface area contributed by atoms with Gasteiger partial charge in [0.25, 0.3) is 0 Å². The summed E-state index contributed by atoms with van der Waals surface area (Å²) in [4.78, 5) is 2.55. The minimum atomic E-state index is 0.218. The Labute approximate surface area is 109 Å². The number of anilines is 1. The molecule has 1 spiro atoms. The molecule has 3 nitrogen and oxygen atoms in total. The van der Waals surface area contributed by atoms with Gasteiger partial charge in [-0.2, -0.15) is 0 Å². The summed E-state index contributed by atoms with van der Waals surface area (Å²) < 4.78 is 5.87. The highest BCUT2D eigenvalue weighted by Gasteiger charge is 2.43. The van der Waals surface area contributed by atoms with E-state index in [0.29, 0.717) is 6.04 Å². The number of likely N-dealkylation sites (tertiary alicyclic amines) is 1. The van der Waals surface area contributed by atoms with Crippen LogP contribution >= 0.6 is 0 Å². The smallest absolute Gasteiger partial charge is 0.123 e. The fourth-order valence-corrected chi connectivity index (χ4v) is 3.26. The maximum Gasteiger partial charge on any atom is 0.123 e. The largest absolute Gasteiger partial charge is 0.492 e. The van der Waals surface area contributed by atoms with E-state index < -0.39 is 0 Å². The zero-order chi connectivity index (χ0) is 12.8.